The number of aromatic nitrogens is 5. The van der Waals surface area contributed by atoms with Crippen LogP contribution in [-0.2, 0) is 30.8 Å². The van der Waals surface area contributed by atoms with Gasteiger partial charge in [0.2, 0.25) is 5.91 Å². The number of hydrogen-bond donors (Lipinski definition) is 0. The molecule has 1 saturated heterocycles. The van der Waals surface area contributed by atoms with E-state index in [2.05, 4.69) is 24.0 Å². The number of carbonyl (C=O) groups is 1. The molecular formula is C18H26N6O2. The van der Waals surface area contributed by atoms with Gasteiger partial charge < -0.3 is 4.90 Å². The van der Waals surface area contributed by atoms with Crippen molar-refractivity contribution in [2.75, 3.05) is 0 Å². The number of amides is 1. The summed E-state index contributed by atoms with van der Waals surface area (Å²) in [6, 6.07) is 2.11. The van der Waals surface area contributed by atoms with Crippen molar-refractivity contribution in [3.63, 3.8) is 0 Å². The summed E-state index contributed by atoms with van der Waals surface area (Å²) in [6.45, 7) is 5.96. The third kappa shape index (κ3) is 3.08. The zero-order chi connectivity index (χ0) is 18.3. The lowest BCUT2D eigenvalue weighted by Gasteiger charge is -2.28. The van der Waals surface area contributed by atoms with Gasteiger partial charge in [0.25, 0.3) is 0 Å². The average Bonchev–Trinajstić information content (AvgIpc) is 3.26. The third-order valence-electron chi connectivity index (χ3n) is 5.37. The Bertz CT molecular complexity index is 834. The highest BCUT2D eigenvalue weighted by atomic mass is 16.2. The van der Waals surface area contributed by atoms with Crippen molar-refractivity contribution >= 4 is 5.91 Å². The van der Waals surface area contributed by atoms with Gasteiger partial charge in [0.05, 0.1) is 6.04 Å². The first-order chi connectivity index (χ1) is 12.5. The van der Waals surface area contributed by atoms with Gasteiger partial charge in [-0.25, -0.2) is 9.48 Å². The second-order valence-corrected chi connectivity index (χ2v) is 7.79. The van der Waals surface area contributed by atoms with Crippen LogP contribution in [0.15, 0.2) is 23.3 Å². The molecule has 2 aromatic rings. The largest absolute Gasteiger partial charge is 0.345 e. The molecule has 0 spiro atoms. The normalized spacial score (nSPS) is 21.9. The Morgan fingerprint density at radius 1 is 1.31 bits per heavy atom. The zero-order valence-corrected chi connectivity index (χ0v) is 15.4. The fourth-order valence-electron chi connectivity index (χ4n) is 4.23. The lowest BCUT2D eigenvalue weighted by Crippen LogP contribution is -2.43. The van der Waals surface area contributed by atoms with E-state index in [0.717, 1.165) is 18.7 Å². The van der Waals surface area contributed by atoms with Crippen molar-refractivity contribution in [3.05, 3.63) is 34.8 Å². The highest BCUT2D eigenvalue weighted by molar-refractivity contribution is 5.77. The number of hydrogen-bond acceptors (Lipinski definition) is 4. The van der Waals surface area contributed by atoms with Gasteiger partial charge in [-0.15, -0.1) is 0 Å². The van der Waals surface area contributed by atoms with Crippen LogP contribution in [0.5, 0.6) is 0 Å². The number of aryl methyl sites for hydroxylation is 1. The fourth-order valence-corrected chi connectivity index (χ4v) is 4.23. The molecule has 0 aromatic carbocycles. The average molecular weight is 358 g/mol. The highest BCUT2D eigenvalue weighted by Gasteiger charge is 2.40. The molecule has 1 amide bonds. The minimum atomic E-state index is -0.0369. The molecule has 4 heterocycles. The second-order valence-electron chi connectivity index (χ2n) is 7.79. The third-order valence-corrected chi connectivity index (χ3v) is 5.37. The van der Waals surface area contributed by atoms with E-state index in [1.807, 2.05) is 17.2 Å². The number of carbonyl (C=O) groups excluding carboxylic acids is 1. The van der Waals surface area contributed by atoms with Gasteiger partial charge in [-0.05, 0) is 24.8 Å². The van der Waals surface area contributed by atoms with Crippen LogP contribution < -0.4 is 5.69 Å². The Balaban J connectivity index is 1.51. The van der Waals surface area contributed by atoms with Crippen LogP contribution in [-0.4, -0.2) is 47.0 Å². The van der Waals surface area contributed by atoms with Crippen LogP contribution in [0.25, 0.3) is 0 Å². The molecule has 2 aliphatic heterocycles. The maximum atomic E-state index is 12.8. The SMILES string of the molecule is CC(C)Cn1nc2n(c1=O)CC1CCC(C2)N1C(=O)CCn1cccn1. The molecule has 0 aliphatic carbocycles. The smallest absolute Gasteiger partial charge is 0.334 e. The lowest BCUT2D eigenvalue weighted by molar-refractivity contribution is -0.134. The molecule has 0 saturated carbocycles. The first kappa shape index (κ1) is 17.1. The Labute approximate surface area is 152 Å². The number of rotatable bonds is 5. The lowest BCUT2D eigenvalue weighted by atomic mass is 10.1. The molecule has 1 fully saturated rings. The van der Waals surface area contributed by atoms with E-state index in [9.17, 15) is 9.59 Å². The molecule has 8 heteroatoms. The molecule has 0 radical (unpaired) electrons. The quantitative estimate of drug-likeness (QED) is 0.796. The van der Waals surface area contributed by atoms with Crippen LogP contribution in [0.4, 0.5) is 0 Å². The Kier molecular flexibility index (Phi) is 4.42. The van der Waals surface area contributed by atoms with E-state index < -0.39 is 0 Å². The van der Waals surface area contributed by atoms with E-state index >= 15 is 0 Å². The summed E-state index contributed by atoms with van der Waals surface area (Å²) in [5, 5.41) is 8.73. The molecule has 26 heavy (non-hydrogen) atoms. The van der Waals surface area contributed by atoms with Crippen molar-refractivity contribution in [2.24, 2.45) is 5.92 Å². The van der Waals surface area contributed by atoms with Gasteiger partial charge in [0.1, 0.15) is 5.82 Å². The van der Waals surface area contributed by atoms with Crippen LogP contribution >= 0.6 is 0 Å². The summed E-state index contributed by atoms with van der Waals surface area (Å²) < 4.78 is 5.17. The minimum Gasteiger partial charge on any atom is -0.334 e. The maximum absolute atomic E-state index is 12.8. The summed E-state index contributed by atoms with van der Waals surface area (Å²) in [6.07, 6.45) is 6.65. The molecule has 2 unspecified atom stereocenters. The predicted molar refractivity (Wildman–Crippen MR) is 95.5 cm³/mol. The second kappa shape index (κ2) is 6.74. The van der Waals surface area contributed by atoms with Gasteiger partial charge in [0, 0.05) is 50.9 Å². The molecule has 2 aromatic heterocycles. The van der Waals surface area contributed by atoms with Crippen LogP contribution in [0.3, 0.4) is 0 Å². The molecule has 2 bridgehead atoms. The zero-order valence-electron chi connectivity index (χ0n) is 15.4. The first-order valence-electron chi connectivity index (χ1n) is 9.48. The van der Waals surface area contributed by atoms with Crippen molar-refractivity contribution in [1.29, 1.82) is 0 Å². The van der Waals surface area contributed by atoms with Gasteiger partial charge in [-0.3, -0.25) is 14.0 Å². The van der Waals surface area contributed by atoms with E-state index in [1.54, 1.807) is 20.1 Å². The van der Waals surface area contributed by atoms with Gasteiger partial charge in [-0.1, -0.05) is 13.8 Å². The standard InChI is InChI=1S/C18H26N6O2/c1-13(2)11-23-18(26)22-12-15-5-4-14(10-16(22)20-23)24(15)17(25)6-9-21-8-3-7-19-21/h3,7-8,13-15H,4-6,9-12H2,1-2H3. The summed E-state index contributed by atoms with van der Waals surface area (Å²) >= 11 is 0. The molecule has 2 aliphatic rings. The van der Waals surface area contributed by atoms with Gasteiger partial charge in [-0.2, -0.15) is 10.2 Å². The van der Waals surface area contributed by atoms with E-state index in [0.29, 0.717) is 38.4 Å². The summed E-state index contributed by atoms with van der Waals surface area (Å²) in [5.74, 6) is 1.36. The Hall–Kier alpha value is -2.38. The van der Waals surface area contributed by atoms with Crippen molar-refractivity contribution in [2.45, 2.75) is 71.2 Å². The molecular weight excluding hydrogens is 332 g/mol. The minimum absolute atomic E-state index is 0.0369. The van der Waals surface area contributed by atoms with Crippen LogP contribution in [0.2, 0.25) is 0 Å². The van der Waals surface area contributed by atoms with Crippen molar-refractivity contribution in [1.82, 2.24) is 29.0 Å². The van der Waals surface area contributed by atoms with E-state index in [4.69, 9.17) is 0 Å². The van der Waals surface area contributed by atoms with E-state index in [1.165, 1.54) is 0 Å². The first-order valence-corrected chi connectivity index (χ1v) is 9.48. The molecule has 4 rings (SSSR count). The Morgan fingerprint density at radius 2 is 2.12 bits per heavy atom. The topological polar surface area (TPSA) is 78.0 Å². The predicted octanol–water partition coefficient (Wildman–Crippen LogP) is 0.903. The molecule has 8 nitrogen and oxygen atoms in total. The van der Waals surface area contributed by atoms with E-state index in [-0.39, 0.29) is 23.7 Å². The number of fused-ring (bicyclic) bond motifs is 3. The summed E-state index contributed by atoms with van der Waals surface area (Å²) in [7, 11) is 0. The molecule has 0 N–H and O–H groups in total. The number of nitrogens with zero attached hydrogens (tertiary/aromatic N) is 6. The maximum Gasteiger partial charge on any atom is 0.345 e. The summed E-state index contributed by atoms with van der Waals surface area (Å²) in [4.78, 5) is 27.6. The van der Waals surface area contributed by atoms with Gasteiger partial charge >= 0.3 is 5.69 Å². The Morgan fingerprint density at radius 3 is 2.85 bits per heavy atom. The van der Waals surface area contributed by atoms with Crippen molar-refractivity contribution < 1.29 is 4.79 Å². The molecule has 140 valence electrons. The summed E-state index contributed by atoms with van der Waals surface area (Å²) in [5.41, 5.74) is -0.0369. The van der Waals surface area contributed by atoms with Crippen LogP contribution in [0, 0.1) is 5.92 Å². The van der Waals surface area contributed by atoms with Gasteiger partial charge in [0.15, 0.2) is 0 Å². The fraction of sp³-hybridized carbons (Fsp3) is 0.667. The highest BCUT2D eigenvalue weighted by Crippen LogP contribution is 2.31. The van der Waals surface area contributed by atoms with Crippen molar-refractivity contribution in [3.8, 4) is 0 Å². The van der Waals surface area contributed by atoms with Crippen LogP contribution in [0.1, 0.15) is 38.9 Å². The molecule has 2 atom stereocenters. The monoisotopic (exact) mass is 358 g/mol.